The molecular weight excluding hydrogens is 274 g/mol. The lowest BCUT2D eigenvalue weighted by Gasteiger charge is -2.41. The van der Waals surface area contributed by atoms with E-state index >= 15 is 0 Å². The fraction of sp³-hybridized carbons (Fsp3) is 0.533. The summed E-state index contributed by atoms with van der Waals surface area (Å²) < 4.78 is 10.9. The van der Waals surface area contributed by atoms with Crippen LogP contribution in [0.3, 0.4) is 0 Å². The number of nitrogens with one attached hydrogen (secondary N) is 1. The number of hydrogen-bond acceptors (Lipinski definition) is 5. The molecule has 1 fully saturated rings. The molecule has 1 amide bonds. The molecule has 5 atom stereocenters. The van der Waals surface area contributed by atoms with Crippen molar-refractivity contribution in [1.29, 1.82) is 0 Å². The van der Waals surface area contributed by atoms with Crippen molar-refractivity contribution in [3.05, 3.63) is 35.9 Å². The zero-order chi connectivity index (χ0) is 15.4. The van der Waals surface area contributed by atoms with Crippen LogP contribution in [0.1, 0.15) is 19.4 Å². The third kappa shape index (κ3) is 4.01. The Morgan fingerprint density at radius 1 is 1.33 bits per heavy atom. The molecule has 0 bridgehead atoms. The van der Waals surface area contributed by atoms with Crippen molar-refractivity contribution in [3.63, 3.8) is 0 Å². The van der Waals surface area contributed by atoms with Gasteiger partial charge in [-0.2, -0.15) is 0 Å². The van der Waals surface area contributed by atoms with Crippen LogP contribution in [-0.2, 0) is 20.9 Å². The highest BCUT2D eigenvalue weighted by Crippen LogP contribution is 2.23. The van der Waals surface area contributed by atoms with E-state index in [9.17, 15) is 15.0 Å². The van der Waals surface area contributed by atoms with Gasteiger partial charge in [-0.25, -0.2) is 0 Å². The van der Waals surface area contributed by atoms with Crippen molar-refractivity contribution in [2.45, 2.75) is 51.1 Å². The van der Waals surface area contributed by atoms with Gasteiger partial charge in [0, 0.05) is 6.92 Å². The summed E-state index contributed by atoms with van der Waals surface area (Å²) in [5.74, 6) is -0.322. The van der Waals surface area contributed by atoms with E-state index in [1.54, 1.807) is 6.92 Å². The fourth-order valence-electron chi connectivity index (χ4n) is 2.38. The molecule has 1 aromatic rings. The van der Waals surface area contributed by atoms with E-state index in [0.29, 0.717) is 0 Å². The zero-order valence-electron chi connectivity index (χ0n) is 12.1. The number of hydrogen-bond donors (Lipinski definition) is 3. The predicted molar refractivity (Wildman–Crippen MR) is 75.2 cm³/mol. The number of aliphatic hydroxyl groups is 2. The minimum Gasteiger partial charge on any atom is -0.388 e. The van der Waals surface area contributed by atoms with Crippen molar-refractivity contribution >= 4 is 5.91 Å². The summed E-state index contributed by atoms with van der Waals surface area (Å²) in [6, 6.07) is 8.68. The van der Waals surface area contributed by atoms with E-state index in [-0.39, 0.29) is 12.5 Å². The summed E-state index contributed by atoms with van der Waals surface area (Å²) in [4.78, 5) is 11.3. The van der Waals surface area contributed by atoms with Crippen LogP contribution >= 0.6 is 0 Å². The molecule has 21 heavy (non-hydrogen) atoms. The van der Waals surface area contributed by atoms with E-state index in [1.165, 1.54) is 6.92 Å². The smallest absolute Gasteiger partial charge is 0.217 e. The maximum Gasteiger partial charge on any atom is 0.217 e. The highest BCUT2D eigenvalue weighted by molar-refractivity contribution is 5.73. The second kappa shape index (κ2) is 7.00. The van der Waals surface area contributed by atoms with E-state index in [2.05, 4.69) is 5.32 Å². The number of benzene rings is 1. The van der Waals surface area contributed by atoms with Gasteiger partial charge in [0.15, 0.2) is 6.29 Å². The van der Waals surface area contributed by atoms with Gasteiger partial charge in [0.05, 0.1) is 12.7 Å². The maximum atomic E-state index is 11.3. The molecule has 1 aliphatic heterocycles. The largest absolute Gasteiger partial charge is 0.388 e. The summed E-state index contributed by atoms with van der Waals surface area (Å²) in [7, 11) is 0. The van der Waals surface area contributed by atoms with Gasteiger partial charge >= 0.3 is 0 Å². The van der Waals surface area contributed by atoms with Gasteiger partial charge < -0.3 is 25.0 Å². The van der Waals surface area contributed by atoms with Crippen molar-refractivity contribution in [3.8, 4) is 0 Å². The minimum atomic E-state index is -1.21. The van der Waals surface area contributed by atoms with Crippen molar-refractivity contribution in [2.24, 2.45) is 0 Å². The Morgan fingerprint density at radius 2 is 2.00 bits per heavy atom. The SMILES string of the molecule is CC(=O)N[C@@H]1[C@@H](OCc2ccccc2)[C@H](O)[C@@H](C)O[C@H]1O. The molecule has 116 valence electrons. The molecule has 0 spiro atoms. The molecular formula is C15H21NO5. The molecule has 6 nitrogen and oxygen atoms in total. The summed E-state index contributed by atoms with van der Waals surface area (Å²) in [5.41, 5.74) is 0.944. The van der Waals surface area contributed by atoms with Gasteiger partial charge in [-0.05, 0) is 12.5 Å². The van der Waals surface area contributed by atoms with Crippen molar-refractivity contribution < 1.29 is 24.5 Å². The van der Waals surface area contributed by atoms with E-state index < -0.39 is 30.6 Å². The second-order valence-corrected chi connectivity index (χ2v) is 5.21. The van der Waals surface area contributed by atoms with Crippen LogP contribution < -0.4 is 5.32 Å². The summed E-state index contributed by atoms with van der Waals surface area (Å²) in [5, 5.41) is 22.7. The molecule has 1 aliphatic rings. The average molecular weight is 295 g/mol. The van der Waals surface area contributed by atoms with Crippen molar-refractivity contribution in [2.75, 3.05) is 0 Å². The highest BCUT2D eigenvalue weighted by Gasteiger charge is 2.44. The van der Waals surface area contributed by atoms with Crippen molar-refractivity contribution in [1.82, 2.24) is 5.32 Å². The van der Waals surface area contributed by atoms with Crippen LogP contribution in [0.25, 0.3) is 0 Å². The quantitative estimate of drug-likeness (QED) is 0.737. The normalized spacial score (nSPS) is 32.7. The van der Waals surface area contributed by atoms with E-state index in [4.69, 9.17) is 9.47 Å². The molecule has 6 heteroatoms. The first-order valence-electron chi connectivity index (χ1n) is 6.93. The summed E-state index contributed by atoms with van der Waals surface area (Å²) >= 11 is 0. The van der Waals surface area contributed by atoms with Crippen LogP contribution in [0.15, 0.2) is 30.3 Å². The molecule has 1 aromatic carbocycles. The fourth-order valence-corrected chi connectivity index (χ4v) is 2.38. The van der Waals surface area contributed by atoms with E-state index in [1.807, 2.05) is 30.3 Å². The monoisotopic (exact) mass is 295 g/mol. The van der Waals surface area contributed by atoms with Crippen LogP contribution in [0.5, 0.6) is 0 Å². The number of amides is 1. The van der Waals surface area contributed by atoms with Crippen LogP contribution in [0.4, 0.5) is 0 Å². The number of rotatable bonds is 4. The number of ether oxygens (including phenoxy) is 2. The second-order valence-electron chi connectivity index (χ2n) is 5.21. The minimum absolute atomic E-state index is 0.276. The Morgan fingerprint density at radius 3 is 2.62 bits per heavy atom. The van der Waals surface area contributed by atoms with Gasteiger partial charge in [-0.15, -0.1) is 0 Å². The molecule has 2 rings (SSSR count). The third-order valence-corrected chi connectivity index (χ3v) is 3.49. The molecule has 1 heterocycles. The van der Waals surface area contributed by atoms with Gasteiger partial charge in [0.1, 0.15) is 18.2 Å². The Labute approximate surface area is 123 Å². The standard InChI is InChI=1S/C15H21NO5/c1-9-13(18)14(12(15(19)21-9)16-10(2)17)20-8-11-6-4-3-5-7-11/h3-7,9,12-15,18-19H,8H2,1-2H3,(H,16,17)/t9-,12-,13-,14-,15-/m1/s1. The average Bonchev–Trinajstić information content (AvgIpc) is 2.45. The molecule has 0 saturated carbocycles. The molecule has 3 N–H and O–H groups in total. The van der Waals surface area contributed by atoms with Crippen LogP contribution in [0.2, 0.25) is 0 Å². The molecule has 0 unspecified atom stereocenters. The van der Waals surface area contributed by atoms with Gasteiger partial charge in [0.25, 0.3) is 0 Å². The number of carbonyl (C=O) groups excluding carboxylic acids is 1. The number of aliphatic hydroxyl groups excluding tert-OH is 2. The van der Waals surface area contributed by atoms with Crippen LogP contribution in [0, 0.1) is 0 Å². The Bertz CT molecular complexity index is 466. The van der Waals surface area contributed by atoms with Gasteiger partial charge in [0.2, 0.25) is 5.91 Å². The Kier molecular flexibility index (Phi) is 5.30. The highest BCUT2D eigenvalue weighted by atomic mass is 16.6. The van der Waals surface area contributed by atoms with Gasteiger partial charge in [-0.3, -0.25) is 4.79 Å². The summed E-state index contributed by atoms with van der Waals surface area (Å²) in [6.45, 7) is 3.26. The first-order chi connectivity index (χ1) is 9.99. The summed E-state index contributed by atoms with van der Waals surface area (Å²) in [6.07, 6.45) is -3.47. The molecule has 0 aliphatic carbocycles. The lowest BCUT2D eigenvalue weighted by atomic mass is 9.97. The first kappa shape index (κ1) is 15.9. The molecule has 0 aromatic heterocycles. The first-order valence-corrected chi connectivity index (χ1v) is 6.93. The van der Waals surface area contributed by atoms with Crippen LogP contribution in [-0.4, -0.2) is 46.8 Å². The van der Waals surface area contributed by atoms with Gasteiger partial charge in [-0.1, -0.05) is 30.3 Å². The molecule has 1 saturated heterocycles. The molecule has 0 radical (unpaired) electrons. The predicted octanol–water partition coefficient (Wildman–Crippen LogP) is 0.174. The Balaban J connectivity index is 2.08. The Hall–Kier alpha value is -1.47. The third-order valence-electron chi connectivity index (χ3n) is 3.49. The topological polar surface area (TPSA) is 88.0 Å². The lowest BCUT2D eigenvalue weighted by Crippen LogP contribution is -2.63. The zero-order valence-corrected chi connectivity index (χ0v) is 12.1. The lowest BCUT2D eigenvalue weighted by molar-refractivity contribution is -0.253. The number of carbonyl (C=O) groups is 1. The van der Waals surface area contributed by atoms with E-state index in [0.717, 1.165) is 5.56 Å². The maximum absolute atomic E-state index is 11.3.